The molecule has 0 amide bonds. The lowest BCUT2D eigenvalue weighted by Gasteiger charge is -2.29. The third-order valence-corrected chi connectivity index (χ3v) is 4.52. The Labute approximate surface area is 148 Å². The van der Waals surface area contributed by atoms with Crippen LogP contribution >= 0.6 is 0 Å². The molecule has 25 heavy (non-hydrogen) atoms. The van der Waals surface area contributed by atoms with E-state index >= 15 is 0 Å². The average molecular weight is 343 g/mol. The number of benzene rings is 2. The molecule has 1 atom stereocenters. The van der Waals surface area contributed by atoms with Crippen LogP contribution in [0.25, 0.3) is 0 Å². The number of methoxy groups -OCH3 is 3. The van der Waals surface area contributed by atoms with Gasteiger partial charge in [0.25, 0.3) is 0 Å². The highest BCUT2D eigenvalue weighted by molar-refractivity contribution is 5.53. The van der Waals surface area contributed by atoms with Crippen molar-refractivity contribution in [1.29, 1.82) is 0 Å². The number of rotatable bonds is 6. The topological polar surface area (TPSA) is 49.0 Å². The molecule has 5 heteroatoms. The molecule has 5 nitrogen and oxygen atoms in total. The fourth-order valence-corrected chi connectivity index (χ4v) is 3.32. The SMILES string of the molecule is CCOc1cc2c(cc1OC)CCNC2c1ccc(OC)c(OC)c1. The first-order valence-electron chi connectivity index (χ1n) is 8.50. The summed E-state index contributed by atoms with van der Waals surface area (Å²) < 4.78 is 22.1. The fourth-order valence-electron chi connectivity index (χ4n) is 3.32. The van der Waals surface area contributed by atoms with Crippen LogP contribution < -0.4 is 24.3 Å². The van der Waals surface area contributed by atoms with Crippen LogP contribution in [0.15, 0.2) is 30.3 Å². The van der Waals surface area contributed by atoms with Gasteiger partial charge >= 0.3 is 0 Å². The summed E-state index contributed by atoms with van der Waals surface area (Å²) in [7, 11) is 4.98. The summed E-state index contributed by atoms with van der Waals surface area (Å²) in [5, 5.41) is 3.59. The van der Waals surface area contributed by atoms with E-state index in [1.807, 2.05) is 19.1 Å². The van der Waals surface area contributed by atoms with E-state index in [2.05, 4.69) is 23.5 Å². The molecule has 0 aliphatic carbocycles. The van der Waals surface area contributed by atoms with Gasteiger partial charge in [-0.15, -0.1) is 0 Å². The van der Waals surface area contributed by atoms with Crippen molar-refractivity contribution < 1.29 is 18.9 Å². The second-order valence-corrected chi connectivity index (χ2v) is 5.89. The van der Waals surface area contributed by atoms with Gasteiger partial charge in [0.2, 0.25) is 0 Å². The molecule has 1 unspecified atom stereocenters. The monoisotopic (exact) mass is 343 g/mol. The van der Waals surface area contributed by atoms with Gasteiger partial charge in [0.15, 0.2) is 23.0 Å². The Kier molecular flexibility index (Phi) is 5.34. The predicted molar refractivity (Wildman–Crippen MR) is 97.3 cm³/mol. The van der Waals surface area contributed by atoms with Crippen LogP contribution in [0.3, 0.4) is 0 Å². The predicted octanol–water partition coefficient (Wildman–Crippen LogP) is 3.35. The van der Waals surface area contributed by atoms with Crippen molar-refractivity contribution >= 4 is 0 Å². The van der Waals surface area contributed by atoms with Gasteiger partial charge in [-0.3, -0.25) is 0 Å². The molecule has 1 heterocycles. The highest BCUT2D eigenvalue weighted by Gasteiger charge is 2.25. The van der Waals surface area contributed by atoms with Crippen molar-refractivity contribution in [2.45, 2.75) is 19.4 Å². The number of nitrogens with one attached hydrogen (secondary N) is 1. The Hall–Kier alpha value is -2.40. The Morgan fingerprint density at radius 2 is 1.64 bits per heavy atom. The zero-order valence-corrected chi connectivity index (χ0v) is 15.2. The van der Waals surface area contributed by atoms with E-state index in [0.29, 0.717) is 6.61 Å². The molecule has 0 bridgehead atoms. The summed E-state index contributed by atoms with van der Waals surface area (Å²) >= 11 is 0. The van der Waals surface area contributed by atoms with Crippen LogP contribution in [-0.2, 0) is 6.42 Å². The molecule has 1 N–H and O–H groups in total. The van der Waals surface area contributed by atoms with E-state index in [1.54, 1.807) is 21.3 Å². The quantitative estimate of drug-likeness (QED) is 0.872. The van der Waals surface area contributed by atoms with Crippen molar-refractivity contribution in [1.82, 2.24) is 5.32 Å². The third-order valence-electron chi connectivity index (χ3n) is 4.52. The van der Waals surface area contributed by atoms with Crippen LogP contribution in [0.1, 0.15) is 29.7 Å². The maximum Gasteiger partial charge on any atom is 0.161 e. The number of hydrogen-bond acceptors (Lipinski definition) is 5. The summed E-state index contributed by atoms with van der Waals surface area (Å²) in [4.78, 5) is 0. The largest absolute Gasteiger partial charge is 0.493 e. The highest BCUT2D eigenvalue weighted by atomic mass is 16.5. The summed E-state index contributed by atoms with van der Waals surface area (Å²) in [5.41, 5.74) is 3.62. The summed E-state index contributed by atoms with van der Waals surface area (Å²) in [6.07, 6.45) is 0.960. The second kappa shape index (κ2) is 7.66. The van der Waals surface area contributed by atoms with Gasteiger partial charge in [-0.05, 0) is 54.3 Å². The van der Waals surface area contributed by atoms with Crippen molar-refractivity contribution in [3.8, 4) is 23.0 Å². The van der Waals surface area contributed by atoms with E-state index < -0.39 is 0 Å². The Balaban J connectivity index is 2.05. The summed E-state index contributed by atoms with van der Waals surface area (Å²) in [5.74, 6) is 3.02. The maximum atomic E-state index is 5.76. The van der Waals surface area contributed by atoms with Gasteiger partial charge in [0.05, 0.1) is 34.0 Å². The van der Waals surface area contributed by atoms with Crippen molar-refractivity contribution in [3.05, 3.63) is 47.0 Å². The van der Waals surface area contributed by atoms with E-state index in [0.717, 1.165) is 41.5 Å². The van der Waals surface area contributed by atoms with Crippen LogP contribution in [0.4, 0.5) is 0 Å². The zero-order chi connectivity index (χ0) is 17.8. The molecule has 1 aliphatic heterocycles. The van der Waals surface area contributed by atoms with Crippen LogP contribution in [-0.4, -0.2) is 34.5 Å². The minimum atomic E-state index is 0.0775. The lowest BCUT2D eigenvalue weighted by molar-refractivity contribution is 0.309. The zero-order valence-electron chi connectivity index (χ0n) is 15.2. The normalized spacial score (nSPS) is 16.1. The molecule has 0 aromatic heterocycles. The molecule has 0 saturated carbocycles. The molecule has 3 rings (SSSR count). The van der Waals surface area contributed by atoms with Crippen molar-refractivity contribution in [3.63, 3.8) is 0 Å². The molecular weight excluding hydrogens is 318 g/mol. The van der Waals surface area contributed by atoms with Crippen LogP contribution in [0, 0.1) is 0 Å². The second-order valence-electron chi connectivity index (χ2n) is 5.89. The number of hydrogen-bond donors (Lipinski definition) is 1. The van der Waals surface area contributed by atoms with E-state index in [1.165, 1.54) is 11.1 Å². The van der Waals surface area contributed by atoms with Gasteiger partial charge in [-0.2, -0.15) is 0 Å². The summed E-state index contributed by atoms with van der Waals surface area (Å²) in [6.45, 7) is 3.48. The first-order chi connectivity index (χ1) is 12.2. The molecule has 0 saturated heterocycles. The van der Waals surface area contributed by atoms with E-state index in [-0.39, 0.29) is 6.04 Å². The molecule has 0 spiro atoms. The minimum Gasteiger partial charge on any atom is -0.493 e. The van der Waals surface area contributed by atoms with Gasteiger partial charge in [-0.25, -0.2) is 0 Å². The number of fused-ring (bicyclic) bond motifs is 1. The average Bonchev–Trinajstić information content (AvgIpc) is 2.66. The van der Waals surface area contributed by atoms with Crippen LogP contribution in [0.2, 0.25) is 0 Å². The number of ether oxygens (including phenoxy) is 4. The molecule has 1 aliphatic rings. The van der Waals surface area contributed by atoms with Gasteiger partial charge in [0, 0.05) is 6.54 Å². The molecule has 0 radical (unpaired) electrons. The first-order valence-corrected chi connectivity index (χ1v) is 8.50. The summed E-state index contributed by atoms with van der Waals surface area (Å²) in [6, 6.07) is 10.3. The third kappa shape index (κ3) is 3.37. The first kappa shape index (κ1) is 17.4. The van der Waals surface area contributed by atoms with Gasteiger partial charge in [-0.1, -0.05) is 6.07 Å². The van der Waals surface area contributed by atoms with Crippen molar-refractivity contribution in [2.75, 3.05) is 34.5 Å². The lowest BCUT2D eigenvalue weighted by Crippen LogP contribution is -2.30. The van der Waals surface area contributed by atoms with Crippen LogP contribution in [0.5, 0.6) is 23.0 Å². The van der Waals surface area contributed by atoms with E-state index in [9.17, 15) is 0 Å². The maximum absolute atomic E-state index is 5.76. The lowest BCUT2D eigenvalue weighted by atomic mass is 9.89. The van der Waals surface area contributed by atoms with E-state index in [4.69, 9.17) is 18.9 Å². The fraction of sp³-hybridized carbons (Fsp3) is 0.400. The smallest absolute Gasteiger partial charge is 0.161 e. The van der Waals surface area contributed by atoms with Gasteiger partial charge in [0.1, 0.15) is 0 Å². The molecule has 134 valence electrons. The van der Waals surface area contributed by atoms with Gasteiger partial charge < -0.3 is 24.3 Å². The minimum absolute atomic E-state index is 0.0775. The Bertz CT molecular complexity index is 745. The standard InChI is InChI=1S/C20H25NO4/c1-5-25-19-12-15-13(10-18(19)24-4)8-9-21-20(15)14-6-7-16(22-2)17(11-14)23-3/h6-7,10-12,20-21H,5,8-9H2,1-4H3. The molecular formula is C20H25NO4. The Morgan fingerprint density at radius 1 is 0.920 bits per heavy atom. The highest BCUT2D eigenvalue weighted by Crippen LogP contribution is 2.39. The molecule has 0 fully saturated rings. The molecule has 2 aromatic carbocycles. The Morgan fingerprint density at radius 3 is 2.32 bits per heavy atom. The molecule has 2 aromatic rings. The van der Waals surface area contributed by atoms with Crippen molar-refractivity contribution in [2.24, 2.45) is 0 Å².